The van der Waals surface area contributed by atoms with Crippen LogP contribution in [-0.4, -0.2) is 62.1 Å². The molecule has 0 aromatic heterocycles. The van der Waals surface area contributed by atoms with E-state index < -0.39 is 10.0 Å². The predicted octanol–water partition coefficient (Wildman–Crippen LogP) is 3.00. The Morgan fingerprint density at radius 3 is 2.26 bits per heavy atom. The van der Waals surface area contributed by atoms with Crippen molar-refractivity contribution in [2.75, 3.05) is 32.8 Å². The van der Waals surface area contributed by atoms with E-state index in [0.717, 1.165) is 36.8 Å². The number of ether oxygens (including phenoxy) is 1. The minimum Gasteiger partial charge on any atom is -0.484 e. The minimum atomic E-state index is -3.57. The average Bonchev–Trinajstić information content (AvgIpc) is 2.86. The molecule has 2 aliphatic rings. The topological polar surface area (TPSA) is 84.0 Å². The summed E-state index contributed by atoms with van der Waals surface area (Å²) in [6.45, 7) is 2.72. The van der Waals surface area contributed by atoms with Crippen molar-refractivity contribution in [3.8, 4) is 5.75 Å². The van der Waals surface area contributed by atoms with Crippen LogP contribution < -0.4 is 4.74 Å². The van der Waals surface area contributed by atoms with Crippen molar-refractivity contribution >= 4 is 21.7 Å². The van der Waals surface area contributed by atoms with Gasteiger partial charge in [-0.05, 0) is 80.0 Å². The van der Waals surface area contributed by atoms with E-state index in [1.807, 2.05) is 24.3 Å². The van der Waals surface area contributed by atoms with Gasteiger partial charge in [0.05, 0.1) is 4.90 Å². The molecule has 0 atom stereocenters. The van der Waals surface area contributed by atoms with E-state index in [1.54, 1.807) is 30.0 Å². The zero-order chi connectivity index (χ0) is 24.1. The lowest BCUT2D eigenvalue weighted by atomic mass is 9.92. The van der Waals surface area contributed by atoms with Crippen LogP contribution in [0.1, 0.15) is 42.9 Å². The monoisotopic (exact) mass is 484 g/mol. The number of Topliss-reactive ketones (excluding diaryl/α,β-unsaturated/α-hetero) is 1. The number of carbonyl (C=O) groups excluding carboxylic acids is 2. The van der Waals surface area contributed by atoms with E-state index in [2.05, 4.69) is 0 Å². The van der Waals surface area contributed by atoms with Crippen molar-refractivity contribution in [1.29, 1.82) is 0 Å². The molecule has 0 spiro atoms. The summed E-state index contributed by atoms with van der Waals surface area (Å²) in [6, 6.07) is 12.9. The maximum absolute atomic E-state index is 13.2. The molecule has 1 heterocycles. The summed E-state index contributed by atoms with van der Waals surface area (Å²) in [7, 11) is -3.57. The maximum atomic E-state index is 13.2. The summed E-state index contributed by atoms with van der Waals surface area (Å²) < 4.78 is 33.4. The smallest absolute Gasteiger partial charge is 0.260 e. The number of aryl methyl sites for hydroxylation is 3. The maximum Gasteiger partial charge on any atom is 0.260 e. The Morgan fingerprint density at radius 2 is 1.59 bits per heavy atom. The molecule has 2 aromatic carbocycles. The third-order valence-electron chi connectivity index (χ3n) is 6.60. The fourth-order valence-electron chi connectivity index (χ4n) is 4.51. The Hall–Kier alpha value is -2.71. The molecule has 0 saturated carbocycles. The van der Waals surface area contributed by atoms with Gasteiger partial charge in [-0.15, -0.1) is 0 Å². The van der Waals surface area contributed by atoms with E-state index in [1.165, 1.54) is 9.87 Å². The molecule has 7 nitrogen and oxygen atoms in total. The van der Waals surface area contributed by atoms with Crippen LogP contribution in [0.4, 0.5) is 0 Å². The molecule has 0 bridgehead atoms. The molecular weight excluding hydrogens is 452 g/mol. The second-order valence-electron chi connectivity index (χ2n) is 9.06. The third kappa shape index (κ3) is 5.85. The number of carbonyl (C=O) groups is 2. The summed E-state index contributed by atoms with van der Waals surface area (Å²) in [6.07, 6.45) is 5.40. The van der Waals surface area contributed by atoms with E-state index >= 15 is 0 Å². The van der Waals surface area contributed by atoms with Crippen molar-refractivity contribution < 1.29 is 22.7 Å². The zero-order valence-electron chi connectivity index (χ0n) is 19.7. The molecule has 1 aliphatic carbocycles. The first-order chi connectivity index (χ1) is 16.3. The number of hydrogen-bond acceptors (Lipinski definition) is 5. The molecule has 182 valence electrons. The molecule has 8 heteroatoms. The van der Waals surface area contributed by atoms with Gasteiger partial charge in [-0.3, -0.25) is 4.79 Å². The van der Waals surface area contributed by atoms with Gasteiger partial charge in [0.2, 0.25) is 10.0 Å². The molecule has 4 rings (SSSR count). The number of piperazine rings is 1. The average molecular weight is 485 g/mol. The number of benzene rings is 2. The van der Waals surface area contributed by atoms with Gasteiger partial charge < -0.3 is 14.4 Å². The molecule has 34 heavy (non-hydrogen) atoms. The van der Waals surface area contributed by atoms with Crippen molar-refractivity contribution in [1.82, 2.24) is 9.21 Å². The largest absolute Gasteiger partial charge is 0.484 e. The van der Waals surface area contributed by atoms with E-state index in [0.29, 0.717) is 36.6 Å². The van der Waals surface area contributed by atoms with Crippen LogP contribution in [0.25, 0.3) is 0 Å². The first-order valence-electron chi connectivity index (χ1n) is 11.9. The van der Waals surface area contributed by atoms with Gasteiger partial charge in [-0.25, -0.2) is 8.42 Å². The van der Waals surface area contributed by atoms with Crippen molar-refractivity contribution in [2.24, 2.45) is 0 Å². The summed E-state index contributed by atoms with van der Waals surface area (Å²) in [4.78, 5) is 25.7. The van der Waals surface area contributed by atoms with Crippen LogP contribution in [0.5, 0.6) is 5.75 Å². The minimum absolute atomic E-state index is 0.0929. The van der Waals surface area contributed by atoms with Crippen molar-refractivity contribution in [2.45, 2.75) is 50.3 Å². The molecule has 0 N–H and O–H groups in total. The molecule has 0 radical (unpaired) electrons. The first kappa shape index (κ1) is 24.4. The van der Waals surface area contributed by atoms with Crippen LogP contribution >= 0.6 is 0 Å². The van der Waals surface area contributed by atoms with Gasteiger partial charge in [0.15, 0.2) is 6.61 Å². The number of sulfonamides is 1. The van der Waals surface area contributed by atoms with Gasteiger partial charge in [-0.1, -0.05) is 18.2 Å². The molecule has 1 amide bonds. The lowest BCUT2D eigenvalue weighted by Crippen LogP contribution is -2.51. The lowest BCUT2D eigenvalue weighted by Gasteiger charge is -2.34. The van der Waals surface area contributed by atoms with Crippen LogP contribution in [0.15, 0.2) is 47.4 Å². The van der Waals surface area contributed by atoms with Crippen molar-refractivity contribution in [3.05, 3.63) is 59.2 Å². The lowest BCUT2D eigenvalue weighted by molar-refractivity contribution is -0.134. The van der Waals surface area contributed by atoms with Crippen LogP contribution in [0.3, 0.4) is 0 Å². The standard InChI is InChI=1S/C26H32N2O5S/c1-20(29)6-7-21-8-11-24(12-9-21)33-19-26(30)27-14-16-28(17-15-27)34(31,32)25-13-10-22-4-2-3-5-23(22)18-25/h8-13,18H,2-7,14-17,19H2,1H3. The molecule has 1 aliphatic heterocycles. The number of rotatable bonds is 8. The molecule has 0 unspecified atom stereocenters. The first-order valence-corrected chi connectivity index (χ1v) is 13.4. The Morgan fingerprint density at radius 1 is 0.912 bits per heavy atom. The van der Waals surface area contributed by atoms with Crippen LogP contribution in [-0.2, 0) is 38.9 Å². The van der Waals surface area contributed by atoms with Gasteiger partial charge in [0, 0.05) is 32.6 Å². The predicted molar refractivity (Wildman–Crippen MR) is 129 cm³/mol. The number of ketones is 1. The highest BCUT2D eigenvalue weighted by Gasteiger charge is 2.30. The Labute approximate surface area is 201 Å². The van der Waals surface area contributed by atoms with Gasteiger partial charge >= 0.3 is 0 Å². The third-order valence-corrected chi connectivity index (χ3v) is 8.50. The number of fused-ring (bicyclic) bond motifs is 1. The summed E-state index contributed by atoms with van der Waals surface area (Å²) in [5.74, 6) is 0.585. The Kier molecular flexibility index (Phi) is 7.68. The van der Waals surface area contributed by atoms with Gasteiger partial charge in [0.25, 0.3) is 5.91 Å². The number of nitrogens with zero attached hydrogens (tertiary/aromatic N) is 2. The summed E-state index contributed by atoms with van der Waals surface area (Å²) in [5, 5.41) is 0. The Balaban J connectivity index is 1.27. The summed E-state index contributed by atoms with van der Waals surface area (Å²) in [5.41, 5.74) is 3.45. The van der Waals surface area contributed by atoms with Crippen LogP contribution in [0, 0.1) is 0 Å². The fraction of sp³-hybridized carbons (Fsp3) is 0.462. The SMILES string of the molecule is CC(=O)CCc1ccc(OCC(=O)N2CCN(S(=O)(=O)c3ccc4c(c3)CCCC4)CC2)cc1. The van der Waals surface area contributed by atoms with E-state index in [9.17, 15) is 18.0 Å². The zero-order valence-corrected chi connectivity index (χ0v) is 20.5. The van der Waals surface area contributed by atoms with Crippen molar-refractivity contribution in [3.63, 3.8) is 0 Å². The fourth-order valence-corrected chi connectivity index (χ4v) is 5.98. The molecular formula is C26H32N2O5S. The second kappa shape index (κ2) is 10.7. The molecule has 1 fully saturated rings. The van der Waals surface area contributed by atoms with E-state index in [-0.39, 0.29) is 31.4 Å². The highest BCUT2D eigenvalue weighted by atomic mass is 32.2. The molecule has 1 saturated heterocycles. The molecule has 2 aromatic rings. The highest BCUT2D eigenvalue weighted by molar-refractivity contribution is 7.89. The summed E-state index contributed by atoms with van der Waals surface area (Å²) >= 11 is 0. The van der Waals surface area contributed by atoms with Crippen LogP contribution in [0.2, 0.25) is 0 Å². The Bertz CT molecular complexity index is 1140. The number of hydrogen-bond donors (Lipinski definition) is 0. The normalized spacial score (nSPS) is 16.7. The van der Waals surface area contributed by atoms with Gasteiger partial charge in [-0.2, -0.15) is 4.31 Å². The quantitative estimate of drug-likeness (QED) is 0.575. The number of amides is 1. The highest BCUT2D eigenvalue weighted by Crippen LogP contribution is 2.26. The van der Waals surface area contributed by atoms with Gasteiger partial charge in [0.1, 0.15) is 11.5 Å². The second-order valence-corrected chi connectivity index (χ2v) is 11.0. The van der Waals surface area contributed by atoms with E-state index in [4.69, 9.17) is 4.74 Å².